The van der Waals surface area contributed by atoms with Crippen molar-refractivity contribution < 1.29 is 14.3 Å². The summed E-state index contributed by atoms with van der Waals surface area (Å²) in [6, 6.07) is 17.5. The van der Waals surface area contributed by atoms with Gasteiger partial charge in [0.15, 0.2) is 11.5 Å². The molecule has 1 aromatic heterocycles. The number of hydrogen-bond donors (Lipinski definition) is 0. The molecule has 1 saturated heterocycles. The Bertz CT molecular complexity index is 966. The van der Waals surface area contributed by atoms with Crippen LogP contribution in [-0.2, 0) is 4.79 Å². The molecule has 5 rings (SSSR count). The summed E-state index contributed by atoms with van der Waals surface area (Å²) in [5.41, 5.74) is 1.86. The lowest BCUT2D eigenvalue weighted by molar-refractivity contribution is -0.147. The number of carbonyl (C=O) groups excluding carboxylic acids is 1. The highest BCUT2D eigenvalue weighted by atomic mass is 16.6. The number of amides is 1. The van der Waals surface area contributed by atoms with E-state index in [2.05, 4.69) is 10.3 Å². The van der Waals surface area contributed by atoms with Crippen LogP contribution in [0.25, 0.3) is 11.3 Å². The first kappa shape index (κ1) is 15.9. The van der Waals surface area contributed by atoms with E-state index in [1.54, 1.807) is 4.90 Å². The van der Waals surface area contributed by atoms with Crippen molar-refractivity contribution in [2.75, 3.05) is 19.7 Å². The number of rotatable bonds is 3. The van der Waals surface area contributed by atoms with Crippen molar-refractivity contribution >= 4 is 5.91 Å². The van der Waals surface area contributed by atoms with Crippen LogP contribution in [0.4, 0.5) is 0 Å². The summed E-state index contributed by atoms with van der Waals surface area (Å²) in [7, 11) is 0. The van der Waals surface area contributed by atoms with Crippen molar-refractivity contribution in [1.29, 1.82) is 0 Å². The molecule has 2 aliphatic rings. The molecule has 27 heavy (non-hydrogen) atoms. The molecule has 136 valence electrons. The van der Waals surface area contributed by atoms with Gasteiger partial charge in [-0.05, 0) is 12.1 Å². The lowest BCUT2D eigenvalue weighted by atomic mass is 10.1. The van der Waals surface area contributed by atoms with Crippen LogP contribution in [0.5, 0.6) is 11.5 Å². The number of hydrogen-bond acceptors (Lipinski definition) is 5. The summed E-state index contributed by atoms with van der Waals surface area (Å²) < 4.78 is 13.3. The number of benzene rings is 2. The van der Waals surface area contributed by atoms with Crippen molar-refractivity contribution in [3.05, 3.63) is 60.8 Å². The van der Waals surface area contributed by atoms with Gasteiger partial charge in [-0.3, -0.25) is 4.79 Å². The van der Waals surface area contributed by atoms with Gasteiger partial charge in [0.2, 0.25) is 6.10 Å². The molecule has 0 saturated carbocycles. The fraction of sp³-hybridized carbons (Fsp3) is 0.250. The molecule has 7 heteroatoms. The number of fused-ring (bicyclic) bond motifs is 1. The van der Waals surface area contributed by atoms with Gasteiger partial charge in [0.1, 0.15) is 12.3 Å². The van der Waals surface area contributed by atoms with Gasteiger partial charge in [0, 0.05) is 18.7 Å². The van der Waals surface area contributed by atoms with Gasteiger partial charge in [-0.15, -0.1) is 5.10 Å². The van der Waals surface area contributed by atoms with Gasteiger partial charge >= 0.3 is 0 Å². The van der Waals surface area contributed by atoms with Crippen molar-refractivity contribution in [1.82, 2.24) is 19.9 Å². The molecule has 0 bridgehead atoms. The van der Waals surface area contributed by atoms with Crippen LogP contribution in [0.15, 0.2) is 60.8 Å². The number of para-hydroxylation sites is 2. The molecule has 2 aromatic carbocycles. The molecule has 0 radical (unpaired) electrons. The molecule has 7 nitrogen and oxygen atoms in total. The molecule has 1 amide bonds. The van der Waals surface area contributed by atoms with Crippen LogP contribution in [0, 0.1) is 0 Å². The number of aromatic nitrogens is 3. The summed E-state index contributed by atoms with van der Waals surface area (Å²) in [5, 5.41) is 8.46. The first-order valence-electron chi connectivity index (χ1n) is 8.92. The third-order valence-electron chi connectivity index (χ3n) is 4.91. The number of carbonyl (C=O) groups is 1. The Balaban J connectivity index is 1.21. The molecular weight excluding hydrogens is 344 g/mol. The van der Waals surface area contributed by atoms with Crippen LogP contribution in [0.3, 0.4) is 0 Å². The average Bonchev–Trinajstić information content (AvgIpc) is 3.17. The molecule has 0 spiro atoms. The fourth-order valence-corrected chi connectivity index (χ4v) is 3.34. The van der Waals surface area contributed by atoms with E-state index in [1.165, 1.54) is 0 Å². The van der Waals surface area contributed by atoms with E-state index in [4.69, 9.17) is 9.47 Å². The highest BCUT2D eigenvalue weighted by Gasteiger charge is 2.38. The highest BCUT2D eigenvalue weighted by molar-refractivity contribution is 5.82. The normalized spacial score (nSPS) is 18.8. The quantitative estimate of drug-likeness (QED) is 0.714. The minimum Gasteiger partial charge on any atom is -0.485 e. The number of ether oxygens (including phenoxy) is 2. The zero-order valence-electron chi connectivity index (χ0n) is 14.6. The van der Waals surface area contributed by atoms with E-state index in [-0.39, 0.29) is 18.6 Å². The average molecular weight is 362 g/mol. The highest BCUT2D eigenvalue weighted by Crippen LogP contribution is 2.32. The maximum absolute atomic E-state index is 12.7. The zero-order valence-corrected chi connectivity index (χ0v) is 14.6. The molecule has 3 aromatic rings. The topological polar surface area (TPSA) is 69.5 Å². The minimum atomic E-state index is -0.600. The van der Waals surface area contributed by atoms with Gasteiger partial charge in [-0.2, -0.15) is 0 Å². The maximum Gasteiger partial charge on any atom is 0.267 e. The van der Waals surface area contributed by atoms with Crippen LogP contribution in [-0.4, -0.2) is 51.6 Å². The fourth-order valence-electron chi connectivity index (χ4n) is 3.34. The SMILES string of the molecule is O=C([C@@H]1COc2ccccc2O1)N1CC(n2cc(-c3ccccc3)nn2)C1. The van der Waals surface area contributed by atoms with Crippen molar-refractivity contribution in [2.45, 2.75) is 12.1 Å². The Morgan fingerprint density at radius 1 is 1.00 bits per heavy atom. The van der Waals surface area contributed by atoms with Gasteiger partial charge in [0.25, 0.3) is 5.91 Å². The molecule has 3 heterocycles. The predicted octanol–water partition coefficient (Wildman–Crippen LogP) is 2.17. The van der Waals surface area contributed by atoms with E-state index in [0.717, 1.165) is 11.3 Å². The Kier molecular flexibility index (Phi) is 3.78. The second kappa shape index (κ2) is 6.42. The van der Waals surface area contributed by atoms with Gasteiger partial charge in [0.05, 0.1) is 12.2 Å². The third kappa shape index (κ3) is 2.91. The molecule has 0 N–H and O–H groups in total. The Hall–Kier alpha value is -3.35. The van der Waals surface area contributed by atoms with Crippen LogP contribution in [0.2, 0.25) is 0 Å². The molecular formula is C20H18N4O3. The van der Waals surface area contributed by atoms with Crippen LogP contribution >= 0.6 is 0 Å². The van der Waals surface area contributed by atoms with Crippen molar-refractivity contribution in [2.24, 2.45) is 0 Å². The van der Waals surface area contributed by atoms with E-state index in [1.807, 2.05) is 65.5 Å². The first-order valence-corrected chi connectivity index (χ1v) is 8.92. The molecule has 0 aliphatic carbocycles. The molecule has 1 fully saturated rings. The first-order chi connectivity index (χ1) is 13.3. The number of likely N-dealkylation sites (tertiary alicyclic amines) is 1. The second-order valence-electron chi connectivity index (χ2n) is 6.71. The van der Waals surface area contributed by atoms with E-state index in [0.29, 0.717) is 24.6 Å². The van der Waals surface area contributed by atoms with E-state index in [9.17, 15) is 4.79 Å². The van der Waals surface area contributed by atoms with Gasteiger partial charge < -0.3 is 14.4 Å². The van der Waals surface area contributed by atoms with Gasteiger partial charge in [-0.25, -0.2) is 4.68 Å². The summed E-state index contributed by atoms with van der Waals surface area (Å²) in [6.07, 6.45) is 1.33. The molecule has 1 atom stereocenters. The summed E-state index contributed by atoms with van der Waals surface area (Å²) in [4.78, 5) is 14.4. The maximum atomic E-state index is 12.7. The third-order valence-corrected chi connectivity index (χ3v) is 4.91. The largest absolute Gasteiger partial charge is 0.485 e. The summed E-state index contributed by atoms with van der Waals surface area (Å²) in [5.74, 6) is 1.24. The second-order valence-corrected chi connectivity index (χ2v) is 6.71. The van der Waals surface area contributed by atoms with E-state index >= 15 is 0 Å². The smallest absolute Gasteiger partial charge is 0.267 e. The van der Waals surface area contributed by atoms with E-state index < -0.39 is 6.10 Å². The lowest BCUT2D eigenvalue weighted by Gasteiger charge is -2.41. The Morgan fingerprint density at radius 3 is 2.56 bits per heavy atom. The Labute approximate surface area is 156 Å². The van der Waals surface area contributed by atoms with Crippen LogP contribution < -0.4 is 9.47 Å². The summed E-state index contributed by atoms with van der Waals surface area (Å²) >= 11 is 0. The Morgan fingerprint density at radius 2 is 1.74 bits per heavy atom. The van der Waals surface area contributed by atoms with Crippen molar-refractivity contribution in [3.8, 4) is 22.8 Å². The van der Waals surface area contributed by atoms with Gasteiger partial charge in [-0.1, -0.05) is 47.7 Å². The minimum absolute atomic E-state index is 0.0517. The zero-order chi connectivity index (χ0) is 18.2. The monoisotopic (exact) mass is 362 g/mol. The lowest BCUT2D eigenvalue weighted by Crippen LogP contribution is -2.56. The molecule has 2 aliphatic heterocycles. The summed E-state index contributed by atoms with van der Waals surface area (Å²) in [6.45, 7) is 1.42. The predicted molar refractivity (Wildman–Crippen MR) is 97.4 cm³/mol. The standard InChI is InChI=1S/C20H18N4O3/c25-20(19-13-26-17-8-4-5-9-18(17)27-19)23-10-15(11-23)24-12-16(21-22-24)14-6-2-1-3-7-14/h1-9,12,15,19H,10-11,13H2/t19-/m0/s1. The van der Waals surface area contributed by atoms with Crippen molar-refractivity contribution in [3.63, 3.8) is 0 Å². The molecule has 0 unspecified atom stereocenters. The number of nitrogens with zero attached hydrogens (tertiary/aromatic N) is 4. The van der Waals surface area contributed by atoms with Crippen LogP contribution in [0.1, 0.15) is 6.04 Å².